The summed E-state index contributed by atoms with van der Waals surface area (Å²) in [5.74, 6) is 0.639. The summed E-state index contributed by atoms with van der Waals surface area (Å²) in [4.78, 5) is 25.3. The van der Waals surface area contributed by atoms with E-state index in [0.29, 0.717) is 24.1 Å². The molecule has 34 heavy (non-hydrogen) atoms. The number of carbonyl (C=O) groups is 1. The van der Waals surface area contributed by atoms with Crippen LogP contribution < -0.4 is 5.32 Å². The topological polar surface area (TPSA) is 58.1 Å². The molecule has 176 valence electrons. The van der Waals surface area contributed by atoms with Gasteiger partial charge in [0.15, 0.2) is 0 Å². The summed E-state index contributed by atoms with van der Waals surface area (Å²) in [6.07, 6.45) is 10.9. The van der Waals surface area contributed by atoms with E-state index in [4.69, 9.17) is 4.98 Å². The second-order valence-corrected chi connectivity index (χ2v) is 9.88. The Morgan fingerprint density at radius 2 is 1.62 bits per heavy atom. The second kappa shape index (κ2) is 9.96. The molecule has 0 bridgehead atoms. The zero-order valence-corrected chi connectivity index (χ0v) is 20.0. The molecule has 0 unspecified atom stereocenters. The van der Waals surface area contributed by atoms with Crippen LogP contribution in [0.1, 0.15) is 78.5 Å². The van der Waals surface area contributed by atoms with Crippen molar-refractivity contribution in [1.82, 2.24) is 14.9 Å². The largest absolute Gasteiger partial charge is 0.351 e. The lowest BCUT2D eigenvalue weighted by atomic mass is 9.74. The number of nitrogens with zero attached hydrogens (tertiary/aromatic N) is 3. The fourth-order valence-electron chi connectivity index (χ4n) is 5.76. The third-order valence-corrected chi connectivity index (χ3v) is 7.55. The maximum Gasteiger partial charge on any atom is 0.257 e. The normalized spacial score (nSPS) is 17.6. The Morgan fingerprint density at radius 3 is 2.29 bits per heavy atom. The van der Waals surface area contributed by atoms with Crippen LogP contribution in [0, 0.1) is 0 Å². The third kappa shape index (κ3) is 4.56. The van der Waals surface area contributed by atoms with Crippen molar-refractivity contribution in [1.29, 1.82) is 0 Å². The molecule has 0 saturated heterocycles. The van der Waals surface area contributed by atoms with Gasteiger partial charge in [0.1, 0.15) is 0 Å². The van der Waals surface area contributed by atoms with Gasteiger partial charge in [-0.15, -0.1) is 0 Å². The van der Waals surface area contributed by atoms with E-state index in [1.54, 1.807) is 11.1 Å². The number of hydrogen-bond acceptors (Lipinski definition) is 4. The van der Waals surface area contributed by atoms with Crippen molar-refractivity contribution in [3.8, 4) is 0 Å². The predicted molar refractivity (Wildman–Crippen MR) is 136 cm³/mol. The highest BCUT2D eigenvalue weighted by Gasteiger charge is 2.42. The first-order valence-electron chi connectivity index (χ1n) is 12.6. The molecule has 1 N–H and O–H groups in total. The smallest absolute Gasteiger partial charge is 0.257 e. The average molecular weight is 455 g/mol. The SMILES string of the molecule is CN(Cc1ccccc1)C(=O)c1cnc(NC2CCCC2)nc1C1(c2ccccc2)CCCC1. The van der Waals surface area contributed by atoms with Gasteiger partial charge in [0, 0.05) is 31.2 Å². The molecule has 2 aliphatic carbocycles. The van der Waals surface area contributed by atoms with E-state index < -0.39 is 0 Å². The van der Waals surface area contributed by atoms with Gasteiger partial charge in [0.25, 0.3) is 5.91 Å². The van der Waals surface area contributed by atoms with E-state index in [1.807, 2.05) is 25.2 Å². The summed E-state index contributed by atoms with van der Waals surface area (Å²) >= 11 is 0. The molecule has 3 aromatic rings. The Kier molecular flexibility index (Phi) is 6.61. The van der Waals surface area contributed by atoms with Crippen LogP contribution in [0.4, 0.5) is 5.95 Å². The summed E-state index contributed by atoms with van der Waals surface area (Å²) in [5, 5.41) is 3.56. The number of rotatable bonds is 7. The number of benzene rings is 2. The summed E-state index contributed by atoms with van der Waals surface area (Å²) in [6.45, 7) is 0.555. The number of anilines is 1. The van der Waals surface area contributed by atoms with Gasteiger partial charge in [0.2, 0.25) is 5.95 Å². The molecule has 5 heteroatoms. The van der Waals surface area contributed by atoms with Gasteiger partial charge in [-0.2, -0.15) is 0 Å². The lowest BCUT2D eigenvalue weighted by Gasteiger charge is -2.32. The van der Waals surface area contributed by atoms with Crippen LogP contribution in [0.15, 0.2) is 66.9 Å². The molecular formula is C29H34N4O. The molecule has 1 amide bonds. The Hall–Kier alpha value is -3.21. The van der Waals surface area contributed by atoms with E-state index in [9.17, 15) is 4.79 Å². The quantitative estimate of drug-likeness (QED) is 0.478. The van der Waals surface area contributed by atoms with Crippen LogP contribution >= 0.6 is 0 Å². The molecular weight excluding hydrogens is 420 g/mol. The standard InChI is InChI=1S/C29H34N4O/c1-33(21-22-12-4-2-5-13-22)27(34)25-20-30-28(31-24-16-8-9-17-24)32-26(25)29(18-10-11-19-29)23-14-6-3-7-15-23/h2-7,12-15,20,24H,8-11,16-19,21H2,1H3,(H,30,31,32). The predicted octanol–water partition coefficient (Wildman–Crippen LogP) is 5.96. The van der Waals surface area contributed by atoms with Crippen molar-refractivity contribution in [2.45, 2.75) is 69.4 Å². The first kappa shape index (κ1) is 22.6. The van der Waals surface area contributed by atoms with Crippen molar-refractivity contribution >= 4 is 11.9 Å². The van der Waals surface area contributed by atoms with Gasteiger partial charge in [-0.05, 0) is 36.8 Å². The highest BCUT2D eigenvalue weighted by atomic mass is 16.2. The zero-order chi connectivity index (χ0) is 23.4. The Morgan fingerprint density at radius 1 is 0.971 bits per heavy atom. The van der Waals surface area contributed by atoms with Crippen molar-refractivity contribution in [3.63, 3.8) is 0 Å². The Balaban J connectivity index is 1.54. The van der Waals surface area contributed by atoms with E-state index in [0.717, 1.165) is 49.8 Å². The van der Waals surface area contributed by atoms with Gasteiger partial charge in [-0.1, -0.05) is 86.3 Å². The zero-order valence-electron chi connectivity index (χ0n) is 20.0. The molecule has 2 fully saturated rings. The fraction of sp³-hybridized carbons (Fsp3) is 0.414. The molecule has 2 aromatic carbocycles. The number of carbonyl (C=O) groups excluding carboxylic acids is 1. The van der Waals surface area contributed by atoms with Crippen molar-refractivity contribution in [2.75, 3.05) is 12.4 Å². The molecule has 5 nitrogen and oxygen atoms in total. The molecule has 0 atom stereocenters. The minimum atomic E-state index is -0.255. The molecule has 0 spiro atoms. The van der Waals surface area contributed by atoms with Crippen LogP contribution in [0.2, 0.25) is 0 Å². The molecule has 1 aromatic heterocycles. The van der Waals surface area contributed by atoms with Crippen molar-refractivity contribution < 1.29 is 4.79 Å². The summed E-state index contributed by atoms with van der Waals surface area (Å²) < 4.78 is 0. The van der Waals surface area contributed by atoms with Crippen LogP contribution in [0.25, 0.3) is 0 Å². The Labute approximate surface area is 202 Å². The van der Waals surface area contributed by atoms with E-state index in [-0.39, 0.29) is 11.3 Å². The maximum absolute atomic E-state index is 13.8. The van der Waals surface area contributed by atoms with Gasteiger partial charge in [-0.25, -0.2) is 9.97 Å². The molecule has 2 aliphatic rings. The highest BCUT2D eigenvalue weighted by Crippen LogP contribution is 2.47. The van der Waals surface area contributed by atoms with Crippen molar-refractivity contribution in [2.24, 2.45) is 0 Å². The van der Waals surface area contributed by atoms with Crippen LogP contribution in [0.5, 0.6) is 0 Å². The maximum atomic E-state index is 13.8. The summed E-state index contributed by atoms with van der Waals surface area (Å²) in [5.41, 5.74) is 3.61. The fourth-order valence-corrected chi connectivity index (χ4v) is 5.76. The number of amides is 1. The lowest BCUT2D eigenvalue weighted by molar-refractivity contribution is 0.0781. The van der Waals surface area contributed by atoms with Gasteiger partial charge in [0.05, 0.1) is 11.3 Å². The minimum absolute atomic E-state index is 0.0199. The average Bonchev–Trinajstić information content (AvgIpc) is 3.58. The minimum Gasteiger partial charge on any atom is -0.351 e. The molecule has 5 rings (SSSR count). The monoisotopic (exact) mass is 454 g/mol. The van der Waals surface area contributed by atoms with Crippen molar-refractivity contribution in [3.05, 3.63) is 89.2 Å². The Bertz CT molecular complexity index is 1100. The molecule has 0 aliphatic heterocycles. The van der Waals surface area contributed by atoms with Crippen LogP contribution in [0.3, 0.4) is 0 Å². The number of hydrogen-bond donors (Lipinski definition) is 1. The number of nitrogens with one attached hydrogen (secondary N) is 1. The molecule has 0 radical (unpaired) electrons. The third-order valence-electron chi connectivity index (χ3n) is 7.55. The second-order valence-electron chi connectivity index (χ2n) is 9.88. The van der Waals surface area contributed by atoms with E-state index >= 15 is 0 Å². The first-order chi connectivity index (χ1) is 16.7. The van der Waals surface area contributed by atoms with Crippen LogP contribution in [-0.4, -0.2) is 33.9 Å². The van der Waals surface area contributed by atoms with E-state index in [2.05, 4.69) is 52.8 Å². The lowest BCUT2D eigenvalue weighted by Crippen LogP contribution is -2.34. The van der Waals surface area contributed by atoms with Gasteiger partial charge >= 0.3 is 0 Å². The van der Waals surface area contributed by atoms with Gasteiger partial charge in [-0.3, -0.25) is 4.79 Å². The van der Waals surface area contributed by atoms with Crippen LogP contribution in [-0.2, 0) is 12.0 Å². The first-order valence-corrected chi connectivity index (χ1v) is 12.6. The van der Waals surface area contributed by atoms with E-state index in [1.165, 1.54) is 18.4 Å². The molecule has 1 heterocycles. The summed E-state index contributed by atoms with van der Waals surface area (Å²) in [7, 11) is 1.87. The van der Waals surface area contributed by atoms with Gasteiger partial charge < -0.3 is 10.2 Å². The number of aromatic nitrogens is 2. The summed E-state index contributed by atoms with van der Waals surface area (Å²) in [6, 6.07) is 21.2. The highest BCUT2D eigenvalue weighted by molar-refractivity contribution is 5.95. The molecule has 2 saturated carbocycles.